The number of hydrogen-bond acceptors (Lipinski definition) is 5. The van der Waals surface area contributed by atoms with Gasteiger partial charge in [-0.15, -0.1) is 0 Å². The molecule has 1 aliphatic carbocycles. The molecule has 1 saturated heterocycles. The minimum absolute atomic E-state index is 0.0505. The van der Waals surface area contributed by atoms with Crippen LogP contribution in [-0.2, 0) is 37.8 Å². The van der Waals surface area contributed by atoms with Gasteiger partial charge in [0, 0.05) is 18.8 Å². The van der Waals surface area contributed by atoms with Gasteiger partial charge in [-0.3, -0.25) is 4.79 Å². The van der Waals surface area contributed by atoms with Crippen LogP contribution in [0.25, 0.3) is 5.69 Å². The second-order valence-electron chi connectivity index (χ2n) is 11.1. The van der Waals surface area contributed by atoms with Crippen molar-refractivity contribution in [1.29, 1.82) is 0 Å². The van der Waals surface area contributed by atoms with E-state index in [1.807, 2.05) is 12.1 Å². The Morgan fingerprint density at radius 2 is 1.78 bits per heavy atom. The number of piperidine rings is 1. The molecule has 0 bridgehead atoms. The highest BCUT2D eigenvalue weighted by atomic mass is 32.2. The zero-order valence-electron chi connectivity index (χ0n) is 21.6. The van der Waals surface area contributed by atoms with Crippen LogP contribution in [0.2, 0.25) is 0 Å². The number of methoxy groups -OCH3 is 1. The van der Waals surface area contributed by atoms with Crippen molar-refractivity contribution in [2.75, 3.05) is 20.2 Å². The number of carbonyl (C=O) groups excluding carboxylic acids is 1. The molecule has 1 fully saturated rings. The molecule has 0 radical (unpaired) electrons. The fourth-order valence-corrected chi connectivity index (χ4v) is 7.26. The molecule has 2 aromatic carbocycles. The van der Waals surface area contributed by atoms with E-state index in [4.69, 9.17) is 4.74 Å². The first kappa shape index (κ1) is 25.6. The Bertz CT molecular complexity index is 1430. The number of rotatable bonds is 4. The van der Waals surface area contributed by atoms with Crippen molar-refractivity contribution in [3.63, 3.8) is 0 Å². The molecule has 3 aromatic rings. The minimum atomic E-state index is -3.80. The fourth-order valence-electron chi connectivity index (χ4n) is 5.74. The Kier molecular flexibility index (Phi) is 6.27. The van der Waals surface area contributed by atoms with Crippen molar-refractivity contribution >= 4 is 16.0 Å². The summed E-state index contributed by atoms with van der Waals surface area (Å²) in [5.74, 6) is -0.838. The van der Waals surface area contributed by atoms with E-state index >= 15 is 0 Å². The predicted octanol–water partition coefficient (Wildman–Crippen LogP) is 4.28. The number of halogens is 1. The molecule has 1 aromatic heterocycles. The molecular formula is C28H32FN3O4S. The van der Waals surface area contributed by atoms with E-state index in [1.54, 1.807) is 35.1 Å². The van der Waals surface area contributed by atoms with Gasteiger partial charge in [-0.25, -0.2) is 17.5 Å². The van der Waals surface area contributed by atoms with E-state index < -0.39 is 21.4 Å². The summed E-state index contributed by atoms with van der Waals surface area (Å²) >= 11 is 0. The topological polar surface area (TPSA) is 81.5 Å². The van der Waals surface area contributed by atoms with Gasteiger partial charge in [-0.2, -0.15) is 9.40 Å². The smallest absolute Gasteiger partial charge is 0.313 e. The number of benzene rings is 2. The lowest BCUT2D eigenvalue weighted by atomic mass is 9.63. The van der Waals surface area contributed by atoms with Crippen LogP contribution in [0.4, 0.5) is 4.39 Å². The fraction of sp³-hybridized carbons (Fsp3) is 0.429. The molecule has 37 heavy (non-hydrogen) atoms. The molecule has 196 valence electrons. The lowest BCUT2D eigenvalue weighted by molar-refractivity contribution is -0.160. The largest absolute Gasteiger partial charge is 0.469 e. The van der Waals surface area contributed by atoms with Crippen LogP contribution in [0.1, 0.15) is 44.0 Å². The van der Waals surface area contributed by atoms with E-state index in [0.29, 0.717) is 25.8 Å². The molecule has 2 heterocycles. The molecule has 0 amide bonds. The average molecular weight is 526 g/mol. The molecule has 5 rings (SSSR count). The maximum absolute atomic E-state index is 13.7. The number of esters is 1. The van der Waals surface area contributed by atoms with Crippen molar-refractivity contribution in [1.82, 2.24) is 14.1 Å². The molecule has 7 nitrogen and oxygen atoms in total. The van der Waals surface area contributed by atoms with Gasteiger partial charge in [0.1, 0.15) is 5.82 Å². The van der Waals surface area contributed by atoms with Gasteiger partial charge < -0.3 is 4.74 Å². The Morgan fingerprint density at radius 1 is 1.11 bits per heavy atom. The highest BCUT2D eigenvalue weighted by molar-refractivity contribution is 7.89. The number of fused-ring (bicyclic) bond motifs is 2. The molecular weight excluding hydrogens is 493 g/mol. The highest BCUT2D eigenvalue weighted by Crippen LogP contribution is 2.47. The molecule has 9 heteroatoms. The zero-order valence-corrected chi connectivity index (χ0v) is 22.4. The highest BCUT2D eigenvalue weighted by Gasteiger charge is 2.55. The quantitative estimate of drug-likeness (QED) is 0.475. The number of carbonyl (C=O) groups is 1. The Hall–Kier alpha value is -3.04. The molecule has 1 aliphatic heterocycles. The molecule has 0 unspecified atom stereocenters. The summed E-state index contributed by atoms with van der Waals surface area (Å²) in [4.78, 5) is 13.5. The minimum Gasteiger partial charge on any atom is -0.469 e. The lowest BCUT2D eigenvalue weighted by Gasteiger charge is -2.48. The standard InChI is InChI=1S/C28H32FN3O4S/c1-27(2,3)20-5-11-24(12-6-20)37(34,35)31-14-13-21-15-25-19(16-28(21,18-31)26(33)36-4)17-30-32(25)23-9-7-22(29)8-10-23/h5-12,17,21H,13-16,18H2,1-4H3/t21-,28-/m0/s1. The van der Waals surface area contributed by atoms with E-state index in [1.165, 1.54) is 23.5 Å². The normalized spacial score (nSPS) is 22.2. The second kappa shape index (κ2) is 9.06. The maximum Gasteiger partial charge on any atom is 0.313 e. The van der Waals surface area contributed by atoms with Crippen LogP contribution in [0, 0.1) is 17.2 Å². The third kappa shape index (κ3) is 4.38. The van der Waals surface area contributed by atoms with E-state index in [0.717, 1.165) is 22.5 Å². The molecule has 0 N–H and O–H groups in total. The lowest BCUT2D eigenvalue weighted by Crippen LogP contribution is -2.58. The third-order valence-electron chi connectivity index (χ3n) is 7.89. The molecule has 2 aliphatic rings. The van der Waals surface area contributed by atoms with Crippen LogP contribution in [0.5, 0.6) is 0 Å². The van der Waals surface area contributed by atoms with Gasteiger partial charge in [0.2, 0.25) is 10.0 Å². The number of ether oxygens (including phenoxy) is 1. The van der Waals surface area contributed by atoms with Gasteiger partial charge in [0.25, 0.3) is 0 Å². The number of nitrogens with zero attached hydrogens (tertiary/aromatic N) is 3. The summed E-state index contributed by atoms with van der Waals surface area (Å²) in [5.41, 5.74) is 2.54. The monoisotopic (exact) mass is 525 g/mol. The summed E-state index contributed by atoms with van der Waals surface area (Å²) in [7, 11) is -2.45. The van der Waals surface area contributed by atoms with Gasteiger partial charge in [0.05, 0.1) is 29.3 Å². The van der Waals surface area contributed by atoms with Crippen LogP contribution >= 0.6 is 0 Å². The van der Waals surface area contributed by atoms with Gasteiger partial charge in [-0.1, -0.05) is 32.9 Å². The summed E-state index contributed by atoms with van der Waals surface area (Å²) in [6.45, 7) is 6.60. The van der Waals surface area contributed by atoms with E-state index in [-0.39, 0.29) is 28.6 Å². The Morgan fingerprint density at radius 3 is 2.41 bits per heavy atom. The van der Waals surface area contributed by atoms with E-state index in [9.17, 15) is 17.6 Å². The van der Waals surface area contributed by atoms with Crippen LogP contribution in [0.15, 0.2) is 59.6 Å². The van der Waals surface area contributed by atoms with E-state index in [2.05, 4.69) is 25.9 Å². The van der Waals surface area contributed by atoms with Gasteiger partial charge in [0.15, 0.2) is 0 Å². The van der Waals surface area contributed by atoms with Crippen molar-refractivity contribution < 1.29 is 22.3 Å². The van der Waals surface area contributed by atoms with Gasteiger partial charge >= 0.3 is 5.97 Å². The van der Waals surface area contributed by atoms with Crippen LogP contribution < -0.4 is 0 Å². The summed E-state index contributed by atoms with van der Waals surface area (Å²) in [6.07, 6.45) is 3.12. The van der Waals surface area contributed by atoms with Gasteiger partial charge in [-0.05, 0) is 78.1 Å². The first-order valence-corrected chi connectivity index (χ1v) is 13.9. The molecule has 0 spiro atoms. The second-order valence-corrected chi connectivity index (χ2v) is 13.1. The molecule has 2 atom stereocenters. The number of hydrogen-bond donors (Lipinski definition) is 0. The first-order chi connectivity index (χ1) is 17.5. The average Bonchev–Trinajstić information content (AvgIpc) is 3.28. The zero-order chi connectivity index (χ0) is 26.6. The number of sulfonamides is 1. The first-order valence-electron chi connectivity index (χ1n) is 12.5. The predicted molar refractivity (Wildman–Crippen MR) is 137 cm³/mol. The summed E-state index contributed by atoms with van der Waals surface area (Å²) in [5, 5.41) is 4.53. The van der Waals surface area contributed by atoms with Crippen molar-refractivity contribution in [2.45, 2.75) is 50.3 Å². The van der Waals surface area contributed by atoms with Crippen molar-refractivity contribution in [3.8, 4) is 5.69 Å². The van der Waals surface area contributed by atoms with Crippen molar-refractivity contribution in [3.05, 3.63) is 77.4 Å². The van der Waals surface area contributed by atoms with Crippen molar-refractivity contribution in [2.24, 2.45) is 11.3 Å². The number of aromatic nitrogens is 2. The maximum atomic E-state index is 13.7. The van der Waals surface area contributed by atoms with Crippen LogP contribution in [0.3, 0.4) is 0 Å². The third-order valence-corrected chi connectivity index (χ3v) is 9.75. The summed E-state index contributed by atoms with van der Waals surface area (Å²) < 4.78 is 49.3. The van der Waals surface area contributed by atoms with Crippen LogP contribution in [-0.4, -0.2) is 48.7 Å². The Balaban J connectivity index is 1.48. The Labute approximate surface area is 217 Å². The summed E-state index contributed by atoms with van der Waals surface area (Å²) in [6, 6.07) is 13.1. The molecule has 0 saturated carbocycles. The SMILES string of the molecule is COC(=O)[C@]12Cc3cnn(-c4ccc(F)cc4)c3C[C@@H]1CCN(S(=O)(=O)c1ccc(C(C)(C)C)cc1)C2.